The van der Waals surface area contributed by atoms with E-state index >= 15 is 0 Å². The first kappa shape index (κ1) is 12.0. The van der Waals surface area contributed by atoms with E-state index in [0.717, 1.165) is 5.56 Å². The van der Waals surface area contributed by atoms with E-state index in [9.17, 15) is 4.79 Å². The van der Waals surface area contributed by atoms with Crippen molar-refractivity contribution in [2.75, 3.05) is 11.9 Å². The molecular formula is C13H13N3O2. The molecule has 0 aliphatic rings. The van der Waals surface area contributed by atoms with Crippen molar-refractivity contribution in [2.24, 2.45) is 0 Å². The maximum absolute atomic E-state index is 11.5. The van der Waals surface area contributed by atoms with Crippen molar-refractivity contribution in [3.63, 3.8) is 0 Å². The number of amides is 1. The zero-order valence-electron chi connectivity index (χ0n) is 9.96. The molecule has 0 atom stereocenters. The van der Waals surface area contributed by atoms with Gasteiger partial charge in [0, 0.05) is 12.4 Å². The van der Waals surface area contributed by atoms with Crippen LogP contribution in [0.2, 0.25) is 0 Å². The minimum Gasteiger partial charge on any atom is -0.484 e. The highest BCUT2D eigenvalue weighted by molar-refractivity contribution is 5.90. The maximum atomic E-state index is 11.5. The molecule has 18 heavy (non-hydrogen) atoms. The first-order valence-corrected chi connectivity index (χ1v) is 5.50. The van der Waals surface area contributed by atoms with Gasteiger partial charge in [-0.2, -0.15) is 0 Å². The van der Waals surface area contributed by atoms with Crippen LogP contribution in [0.1, 0.15) is 5.56 Å². The fourth-order valence-corrected chi connectivity index (χ4v) is 1.31. The zero-order valence-corrected chi connectivity index (χ0v) is 9.96. The van der Waals surface area contributed by atoms with Crippen LogP contribution in [0.5, 0.6) is 5.75 Å². The van der Waals surface area contributed by atoms with Crippen molar-refractivity contribution in [3.8, 4) is 5.75 Å². The first-order valence-electron chi connectivity index (χ1n) is 5.50. The summed E-state index contributed by atoms with van der Waals surface area (Å²) >= 11 is 0. The molecule has 0 unspecified atom stereocenters. The van der Waals surface area contributed by atoms with Gasteiger partial charge in [0.25, 0.3) is 5.91 Å². The summed E-state index contributed by atoms with van der Waals surface area (Å²) < 4.78 is 5.33. The van der Waals surface area contributed by atoms with E-state index in [1.807, 2.05) is 31.2 Å². The summed E-state index contributed by atoms with van der Waals surface area (Å²) in [6, 6.07) is 9.17. The molecule has 0 saturated carbocycles. The molecule has 1 heterocycles. The second kappa shape index (κ2) is 5.77. The summed E-state index contributed by atoms with van der Waals surface area (Å²) in [5.41, 5.74) is 1.14. The third kappa shape index (κ3) is 3.55. The van der Waals surface area contributed by atoms with Crippen LogP contribution in [0.3, 0.4) is 0 Å². The van der Waals surface area contributed by atoms with Crippen LogP contribution < -0.4 is 10.1 Å². The molecule has 0 aliphatic carbocycles. The van der Waals surface area contributed by atoms with Crippen LogP contribution in [0.4, 0.5) is 5.95 Å². The first-order chi connectivity index (χ1) is 8.74. The molecule has 1 aromatic carbocycles. The lowest BCUT2D eigenvalue weighted by atomic mass is 10.2. The van der Waals surface area contributed by atoms with Crippen LogP contribution in [-0.4, -0.2) is 22.5 Å². The Kier molecular flexibility index (Phi) is 3.86. The molecule has 2 aromatic rings. The Labute approximate surface area is 105 Å². The van der Waals surface area contributed by atoms with Gasteiger partial charge < -0.3 is 4.74 Å². The van der Waals surface area contributed by atoms with Crippen LogP contribution >= 0.6 is 0 Å². The van der Waals surface area contributed by atoms with Gasteiger partial charge in [-0.3, -0.25) is 10.1 Å². The van der Waals surface area contributed by atoms with Gasteiger partial charge in [-0.15, -0.1) is 0 Å². The van der Waals surface area contributed by atoms with Crippen molar-refractivity contribution in [3.05, 3.63) is 48.3 Å². The largest absolute Gasteiger partial charge is 0.484 e. The summed E-state index contributed by atoms with van der Waals surface area (Å²) in [6.07, 6.45) is 3.12. The van der Waals surface area contributed by atoms with Crippen molar-refractivity contribution in [2.45, 2.75) is 6.92 Å². The second-order valence-electron chi connectivity index (χ2n) is 3.72. The third-order valence-corrected chi connectivity index (χ3v) is 2.21. The fourth-order valence-electron chi connectivity index (χ4n) is 1.31. The molecule has 5 heteroatoms. The van der Waals surface area contributed by atoms with Gasteiger partial charge in [0.15, 0.2) is 6.61 Å². The van der Waals surface area contributed by atoms with Crippen LogP contribution in [0.25, 0.3) is 0 Å². The normalized spacial score (nSPS) is 9.83. The van der Waals surface area contributed by atoms with Crippen molar-refractivity contribution in [1.82, 2.24) is 9.97 Å². The molecule has 5 nitrogen and oxygen atoms in total. The van der Waals surface area contributed by atoms with E-state index in [4.69, 9.17) is 4.74 Å². The fraction of sp³-hybridized carbons (Fsp3) is 0.154. The SMILES string of the molecule is Cc1ccc(OCC(=O)Nc2ncccn2)cc1. The number of benzene rings is 1. The van der Waals surface area contributed by atoms with E-state index < -0.39 is 0 Å². The van der Waals surface area contributed by atoms with Gasteiger partial charge in [0.1, 0.15) is 5.75 Å². The van der Waals surface area contributed by atoms with Gasteiger partial charge in [0.05, 0.1) is 0 Å². The van der Waals surface area contributed by atoms with Crippen LogP contribution in [-0.2, 0) is 4.79 Å². The Hall–Kier alpha value is -2.43. The van der Waals surface area contributed by atoms with E-state index in [0.29, 0.717) is 5.75 Å². The van der Waals surface area contributed by atoms with Gasteiger partial charge in [0.2, 0.25) is 5.95 Å². The number of aromatic nitrogens is 2. The number of ether oxygens (including phenoxy) is 1. The molecule has 2 rings (SSSR count). The topological polar surface area (TPSA) is 64.1 Å². The number of nitrogens with one attached hydrogen (secondary N) is 1. The third-order valence-electron chi connectivity index (χ3n) is 2.21. The Bertz CT molecular complexity index is 512. The number of nitrogens with zero attached hydrogens (tertiary/aromatic N) is 2. The lowest BCUT2D eigenvalue weighted by molar-refractivity contribution is -0.118. The lowest BCUT2D eigenvalue weighted by Crippen LogP contribution is -2.21. The molecule has 1 amide bonds. The van der Waals surface area contributed by atoms with Crippen molar-refractivity contribution in [1.29, 1.82) is 0 Å². The summed E-state index contributed by atoms with van der Waals surface area (Å²) in [7, 11) is 0. The number of carbonyl (C=O) groups excluding carboxylic acids is 1. The maximum Gasteiger partial charge on any atom is 0.264 e. The molecular weight excluding hydrogens is 230 g/mol. The minimum atomic E-state index is -0.290. The predicted octanol–water partition coefficient (Wildman–Crippen LogP) is 1.80. The minimum absolute atomic E-state index is 0.0681. The van der Waals surface area contributed by atoms with Crippen LogP contribution in [0.15, 0.2) is 42.7 Å². The molecule has 1 N–H and O–H groups in total. The molecule has 0 radical (unpaired) electrons. The highest BCUT2D eigenvalue weighted by Gasteiger charge is 2.04. The highest BCUT2D eigenvalue weighted by Crippen LogP contribution is 2.11. The lowest BCUT2D eigenvalue weighted by Gasteiger charge is -2.06. The second-order valence-corrected chi connectivity index (χ2v) is 3.72. The van der Waals surface area contributed by atoms with E-state index in [2.05, 4.69) is 15.3 Å². The smallest absolute Gasteiger partial charge is 0.264 e. The summed E-state index contributed by atoms with van der Waals surface area (Å²) in [6.45, 7) is 1.92. The standard InChI is InChI=1S/C13H13N3O2/c1-10-3-5-11(6-4-10)18-9-12(17)16-13-14-7-2-8-15-13/h2-8H,9H2,1H3,(H,14,15,16,17). The highest BCUT2D eigenvalue weighted by atomic mass is 16.5. The Morgan fingerprint density at radius 3 is 2.56 bits per heavy atom. The summed E-state index contributed by atoms with van der Waals surface area (Å²) in [4.78, 5) is 19.3. The van der Waals surface area contributed by atoms with E-state index in [-0.39, 0.29) is 18.5 Å². The van der Waals surface area contributed by atoms with Crippen molar-refractivity contribution < 1.29 is 9.53 Å². The molecule has 0 aliphatic heterocycles. The summed E-state index contributed by atoms with van der Waals surface area (Å²) in [5, 5.41) is 2.54. The Morgan fingerprint density at radius 2 is 1.89 bits per heavy atom. The average Bonchev–Trinajstić information content (AvgIpc) is 2.39. The molecule has 1 aromatic heterocycles. The number of hydrogen-bond acceptors (Lipinski definition) is 4. The summed E-state index contributed by atoms with van der Waals surface area (Å²) in [5.74, 6) is 0.640. The van der Waals surface area contributed by atoms with Gasteiger partial charge in [-0.1, -0.05) is 17.7 Å². The Morgan fingerprint density at radius 1 is 1.22 bits per heavy atom. The van der Waals surface area contributed by atoms with Crippen LogP contribution in [0, 0.1) is 6.92 Å². The molecule has 0 spiro atoms. The molecule has 0 fully saturated rings. The Balaban J connectivity index is 1.83. The van der Waals surface area contributed by atoms with E-state index in [1.54, 1.807) is 18.5 Å². The number of hydrogen-bond donors (Lipinski definition) is 1. The number of anilines is 1. The number of rotatable bonds is 4. The molecule has 92 valence electrons. The van der Waals surface area contributed by atoms with Gasteiger partial charge in [-0.05, 0) is 25.1 Å². The number of carbonyl (C=O) groups is 1. The van der Waals surface area contributed by atoms with Crippen molar-refractivity contribution >= 4 is 11.9 Å². The zero-order chi connectivity index (χ0) is 12.8. The predicted molar refractivity (Wildman–Crippen MR) is 67.3 cm³/mol. The molecule has 0 saturated heterocycles. The number of aryl methyl sites for hydroxylation is 1. The monoisotopic (exact) mass is 243 g/mol. The quantitative estimate of drug-likeness (QED) is 0.889. The molecule has 0 bridgehead atoms. The van der Waals surface area contributed by atoms with Gasteiger partial charge >= 0.3 is 0 Å². The van der Waals surface area contributed by atoms with Gasteiger partial charge in [-0.25, -0.2) is 9.97 Å². The van der Waals surface area contributed by atoms with E-state index in [1.165, 1.54) is 0 Å². The average molecular weight is 243 g/mol.